The minimum atomic E-state index is -3.49. The number of sulfonamides is 1. The molecule has 1 aromatic carbocycles. The fourth-order valence-electron chi connectivity index (χ4n) is 3.55. The minimum absolute atomic E-state index is 0.128. The van der Waals surface area contributed by atoms with Gasteiger partial charge in [-0.25, -0.2) is 12.7 Å². The summed E-state index contributed by atoms with van der Waals surface area (Å²) < 4.78 is 26.8. The Balaban J connectivity index is 1.93. The number of rotatable bonds is 16. The maximum absolute atomic E-state index is 12.7. The fraction of sp³-hybridized carbons (Fsp3) is 0.542. The summed E-state index contributed by atoms with van der Waals surface area (Å²) in [7, 11) is -3.49. The number of hydrogen-bond donors (Lipinski definition) is 3. The van der Waals surface area contributed by atoms with E-state index < -0.39 is 22.2 Å². The number of benzene rings is 1. The first kappa shape index (κ1) is 27.5. The molecule has 0 aliphatic heterocycles. The van der Waals surface area contributed by atoms with Gasteiger partial charge in [-0.1, -0.05) is 50.2 Å². The molecule has 1 aromatic heterocycles. The van der Waals surface area contributed by atoms with E-state index in [0.717, 1.165) is 23.3 Å². The first-order valence-corrected chi connectivity index (χ1v) is 14.1. The molecule has 0 aliphatic rings. The molecule has 0 spiro atoms. The molecule has 0 aliphatic carbocycles. The van der Waals surface area contributed by atoms with Crippen LogP contribution in [0, 0.1) is 0 Å². The first-order valence-electron chi connectivity index (χ1n) is 11.6. The monoisotopic (exact) mass is 495 g/mol. The molecule has 7 nitrogen and oxygen atoms in total. The Hall–Kier alpha value is -1.78. The second kappa shape index (κ2) is 14.5. The van der Waals surface area contributed by atoms with E-state index in [4.69, 9.17) is 0 Å². The van der Waals surface area contributed by atoms with E-state index >= 15 is 0 Å². The van der Waals surface area contributed by atoms with E-state index in [9.17, 15) is 18.3 Å². The van der Waals surface area contributed by atoms with E-state index in [1.807, 2.05) is 61.7 Å². The Kier molecular flexibility index (Phi) is 12.0. The van der Waals surface area contributed by atoms with Gasteiger partial charge in [-0.05, 0) is 29.9 Å². The van der Waals surface area contributed by atoms with E-state index in [2.05, 4.69) is 10.6 Å². The van der Waals surface area contributed by atoms with Crippen molar-refractivity contribution < 1.29 is 18.3 Å². The zero-order chi connectivity index (χ0) is 24.1. The van der Waals surface area contributed by atoms with Crippen LogP contribution in [0.1, 0.15) is 43.6 Å². The van der Waals surface area contributed by atoms with Gasteiger partial charge >= 0.3 is 0 Å². The number of nitrogens with zero attached hydrogens (tertiary/aromatic N) is 1. The van der Waals surface area contributed by atoms with Gasteiger partial charge in [0.15, 0.2) is 0 Å². The van der Waals surface area contributed by atoms with Crippen LogP contribution >= 0.6 is 11.3 Å². The summed E-state index contributed by atoms with van der Waals surface area (Å²) >= 11 is 1.56. The summed E-state index contributed by atoms with van der Waals surface area (Å²) in [6.45, 7) is 5.72. The molecular weight excluding hydrogens is 458 g/mol. The molecule has 2 atom stereocenters. The van der Waals surface area contributed by atoms with Crippen LogP contribution in [0.2, 0.25) is 0 Å². The predicted octanol–water partition coefficient (Wildman–Crippen LogP) is 2.77. The molecule has 0 saturated heterocycles. The van der Waals surface area contributed by atoms with Crippen molar-refractivity contribution in [1.29, 1.82) is 0 Å². The SMILES string of the molecule is CCCN(CCC)S(=O)(=O)CCC(=O)N[C@@H](Cc1cccs1)[C@@H](O)CNCc1ccccc1. The molecule has 33 heavy (non-hydrogen) atoms. The van der Waals surface area contributed by atoms with Crippen molar-refractivity contribution in [2.75, 3.05) is 25.4 Å². The Labute approximate surface area is 202 Å². The molecule has 3 N–H and O–H groups in total. The van der Waals surface area contributed by atoms with Crippen molar-refractivity contribution in [2.45, 2.75) is 58.2 Å². The second-order valence-electron chi connectivity index (χ2n) is 8.11. The molecule has 1 amide bonds. The lowest BCUT2D eigenvalue weighted by Crippen LogP contribution is -2.49. The molecule has 0 fully saturated rings. The third kappa shape index (κ3) is 9.93. The van der Waals surface area contributed by atoms with Crippen LogP contribution < -0.4 is 10.6 Å². The van der Waals surface area contributed by atoms with Gasteiger partial charge < -0.3 is 15.7 Å². The summed E-state index contributed by atoms with van der Waals surface area (Å²) in [6.07, 6.45) is 1.01. The average Bonchev–Trinajstić information content (AvgIpc) is 3.31. The zero-order valence-electron chi connectivity index (χ0n) is 19.6. The van der Waals surface area contributed by atoms with Crippen LogP contribution in [0.3, 0.4) is 0 Å². The molecule has 0 saturated carbocycles. The van der Waals surface area contributed by atoms with Crippen molar-refractivity contribution in [3.8, 4) is 0 Å². The summed E-state index contributed by atoms with van der Waals surface area (Å²) in [5.74, 6) is -0.595. The molecule has 2 aromatic rings. The Morgan fingerprint density at radius 1 is 1.09 bits per heavy atom. The Morgan fingerprint density at radius 2 is 1.79 bits per heavy atom. The van der Waals surface area contributed by atoms with Gasteiger partial charge in [0, 0.05) is 43.9 Å². The van der Waals surface area contributed by atoms with E-state index in [1.165, 1.54) is 4.31 Å². The number of hydrogen-bond acceptors (Lipinski definition) is 6. The summed E-state index contributed by atoms with van der Waals surface area (Å²) in [4.78, 5) is 13.7. The molecule has 0 unspecified atom stereocenters. The molecule has 0 bridgehead atoms. The number of carbonyl (C=O) groups is 1. The van der Waals surface area contributed by atoms with Crippen molar-refractivity contribution in [1.82, 2.24) is 14.9 Å². The van der Waals surface area contributed by atoms with Crippen LogP contribution in [0.4, 0.5) is 0 Å². The lowest BCUT2D eigenvalue weighted by molar-refractivity contribution is -0.122. The van der Waals surface area contributed by atoms with Crippen LogP contribution in [-0.2, 0) is 27.8 Å². The van der Waals surface area contributed by atoms with Gasteiger partial charge in [-0.3, -0.25) is 4.79 Å². The maximum Gasteiger partial charge on any atom is 0.221 e. The van der Waals surface area contributed by atoms with Gasteiger partial charge in [0.25, 0.3) is 0 Å². The first-order chi connectivity index (χ1) is 15.9. The fourth-order valence-corrected chi connectivity index (χ4v) is 5.94. The van der Waals surface area contributed by atoms with Gasteiger partial charge in [0.2, 0.25) is 15.9 Å². The third-order valence-electron chi connectivity index (χ3n) is 5.26. The summed E-state index contributed by atoms with van der Waals surface area (Å²) in [5.41, 5.74) is 1.11. The maximum atomic E-state index is 12.7. The standard InChI is InChI=1S/C24H37N3O4S2/c1-3-13-27(14-4-2)33(30,31)16-12-24(29)26-22(17-21-11-8-15-32-21)23(28)19-25-18-20-9-6-5-7-10-20/h5-11,15,22-23,25,28H,3-4,12-14,16-19H2,1-2H3,(H,26,29)/t22-,23-/m0/s1. The van der Waals surface area contributed by atoms with Crippen LogP contribution in [0.15, 0.2) is 47.8 Å². The van der Waals surface area contributed by atoms with E-state index in [1.54, 1.807) is 11.3 Å². The number of aliphatic hydroxyl groups is 1. The quantitative estimate of drug-likeness (QED) is 0.333. The van der Waals surface area contributed by atoms with Crippen molar-refractivity contribution in [2.24, 2.45) is 0 Å². The van der Waals surface area contributed by atoms with Crippen LogP contribution in [-0.4, -0.2) is 61.3 Å². The van der Waals surface area contributed by atoms with E-state index in [0.29, 0.717) is 32.6 Å². The minimum Gasteiger partial charge on any atom is -0.390 e. The topological polar surface area (TPSA) is 98.7 Å². The van der Waals surface area contributed by atoms with Gasteiger partial charge in [-0.15, -0.1) is 11.3 Å². The number of nitrogens with one attached hydrogen (secondary N) is 2. The van der Waals surface area contributed by atoms with Gasteiger partial charge in [0.05, 0.1) is 17.9 Å². The molecule has 9 heteroatoms. The van der Waals surface area contributed by atoms with Crippen LogP contribution in [0.25, 0.3) is 0 Å². The summed E-state index contributed by atoms with van der Waals surface area (Å²) in [6, 6.07) is 13.3. The number of carbonyl (C=O) groups excluding carboxylic acids is 1. The lowest BCUT2D eigenvalue weighted by atomic mass is 10.1. The van der Waals surface area contributed by atoms with Crippen molar-refractivity contribution in [3.05, 3.63) is 58.3 Å². The molecule has 184 valence electrons. The molecule has 2 rings (SSSR count). The highest BCUT2D eigenvalue weighted by molar-refractivity contribution is 7.89. The molecule has 0 radical (unpaired) electrons. The summed E-state index contributed by atoms with van der Waals surface area (Å²) in [5, 5.41) is 18.9. The van der Waals surface area contributed by atoms with Crippen molar-refractivity contribution in [3.63, 3.8) is 0 Å². The second-order valence-corrected chi connectivity index (χ2v) is 11.2. The predicted molar refractivity (Wildman–Crippen MR) is 135 cm³/mol. The smallest absolute Gasteiger partial charge is 0.221 e. The van der Waals surface area contributed by atoms with Gasteiger partial charge in [-0.2, -0.15) is 0 Å². The normalized spacial score (nSPS) is 13.7. The highest BCUT2D eigenvalue weighted by atomic mass is 32.2. The Morgan fingerprint density at radius 3 is 2.39 bits per heavy atom. The van der Waals surface area contributed by atoms with Crippen molar-refractivity contribution >= 4 is 27.3 Å². The molecular formula is C24H37N3O4S2. The highest BCUT2D eigenvalue weighted by Gasteiger charge is 2.25. The Bertz CT molecular complexity index is 899. The zero-order valence-corrected chi connectivity index (χ0v) is 21.2. The highest BCUT2D eigenvalue weighted by Crippen LogP contribution is 2.14. The van der Waals surface area contributed by atoms with Gasteiger partial charge in [0.1, 0.15) is 0 Å². The largest absolute Gasteiger partial charge is 0.390 e. The number of thiophene rings is 1. The number of amides is 1. The average molecular weight is 496 g/mol. The van der Waals surface area contributed by atoms with E-state index in [-0.39, 0.29) is 18.1 Å². The van der Waals surface area contributed by atoms with Crippen LogP contribution in [0.5, 0.6) is 0 Å². The molecule has 1 heterocycles. The lowest BCUT2D eigenvalue weighted by Gasteiger charge is -2.25. The number of aliphatic hydroxyl groups excluding tert-OH is 1. The third-order valence-corrected chi connectivity index (χ3v) is 8.03.